The van der Waals surface area contributed by atoms with Crippen LogP contribution in [0.1, 0.15) is 62.0 Å². The Morgan fingerprint density at radius 1 is 1.03 bits per heavy atom. The van der Waals surface area contributed by atoms with Crippen LogP contribution >= 0.6 is 0 Å². The SMILES string of the molecule is CCC(F)(F)c1nc(CCC(C)C)n(Cc2ccc(Cc3ccccc3-c3nn[nH]n3)cc2)n1. The van der Waals surface area contributed by atoms with Crippen LogP contribution in [0.25, 0.3) is 11.4 Å². The molecule has 0 fully saturated rings. The Morgan fingerprint density at radius 3 is 2.44 bits per heavy atom. The highest BCUT2D eigenvalue weighted by Crippen LogP contribution is 2.29. The third-order valence-electron chi connectivity index (χ3n) is 5.82. The molecule has 1 N–H and O–H groups in total. The van der Waals surface area contributed by atoms with Crippen molar-refractivity contribution in [1.29, 1.82) is 0 Å². The van der Waals surface area contributed by atoms with E-state index in [9.17, 15) is 8.78 Å². The maximum atomic E-state index is 14.3. The topological polar surface area (TPSA) is 85.2 Å². The minimum atomic E-state index is -3.02. The molecule has 7 nitrogen and oxygen atoms in total. The number of alkyl halides is 2. The number of hydrogen-bond donors (Lipinski definition) is 1. The highest BCUT2D eigenvalue weighted by atomic mass is 19.3. The van der Waals surface area contributed by atoms with Crippen molar-refractivity contribution < 1.29 is 8.78 Å². The summed E-state index contributed by atoms with van der Waals surface area (Å²) in [5.74, 6) is -1.78. The monoisotopic (exact) mass is 465 g/mol. The molecule has 0 atom stereocenters. The fourth-order valence-electron chi connectivity index (χ4n) is 3.74. The number of rotatable bonds is 10. The van der Waals surface area contributed by atoms with Crippen LogP contribution in [0, 0.1) is 5.92 Å². The van der Waals surface area contributed by atoms with Gasteiger partial charge in [0.2, 0.25) is 11.6 Å². The van der Waals surface area contributed by atoms with E-state index in [1.165, 1.54) is 6.92 Å². The molecule has 0 amide bonds. The van der Waals surface area contributed by atoms with Crippen LogP contribution in [0.3, 0.4) is 0 Å². The Labute approximate surface area is 197 Å². The molecule has 0 radical (unpaired) electrons. The molecule has 0 aliphatic rings. The highest BCUT2D eigenvalue weighted by molar-refractivity contribution is 5.60. The van der Waals surface area contributed by atoms with Gasteiger partial charge in [-0.1, -0.05) is 69.3 Å². The first-order valence-electron chi connectivity index (χ1n) is 11.6. The average molecular weight is 466 g/mol. The number of nitrogens with one attached hydrogen (secondary N) is 1. The number of hydrogen-bond acceptors (Lipinski definition) is 5. The number of tetrazole rings is 1. The first kappa shape index (κ1) is 23.7. The molecule has 4 rings (SSSR count). The Bertz CT molecular complexity index is 1200. The molecule has 0 spiro atoms. The largest absolute Gasteiger partial charge is 0.308 e. The van der Waals surface area contributed by atoms with Gasteiger partial charge in [0.1, 0.15) is 5.82 Å². The maximum Gasteiger partial charge on any atom is 0.308 e. The van der Waals surface area contributed by atoms with E-state index in [1.54, 1.807) is 4.68 Å². The summed E-state index contributed by atoms with van der Waals surface area (Å²) in [5.41, 5.74) is 4.13. The van der Waals surface area contributed by atoms with E-state index in [4.69, 9.17) is 0 Å². The second-order valence-corrected chi connectivity index (χ2v) is 8.89. The van der Waals surface area contributed by atoms with Crippen LogP contribution in [-0.4, -0.2) is 35.4 Å². The fraction of sp³-hybridized carbons (Fsp3) is 0.400. The molecule has 0 bridgehead atoms. The van der Waals surface area contributed by atoms with E-state index >= 15 is 0 Å². The van der Waals surface area contributed by atoms with Crippen molar-refractivity contribution in [3.63, 3.8) is 0 Å². The van der Waals surface area contributed by atoms with Crippen molar-refractivity contribution in [2.45, 2.75) is 58.9 Å². The van der Waals surface area contributed by atoms with Crippen LogP contribution in [0.5, 0.6) is 0 Å². The van der Waals surface area contributed by atoms with E-state index in [0.717, 1.165) is 28.7 Å². The van der Waals surface area contributed by atoms with Gasteiger partial charge in [0.05, 0.1) is 6.54 Å². The van der Waals surface area contributed by atoms with Gasteiger partial charge in [-0.3, -0.25) is 0 Å². The fourth-order valence-corrected chi connectivity index (χ4v) is 3.74. The van der Waals surface area contributed by atoms with Crippen molar-refractivity contribution in [2.24, 2.45) is 5.92 Å². The van der Waals surface area contributed by atoms with E-state index < -0.39 is 5.92 Å². The molecule has 2 heterocycles. The zero-order chi connectivity index (χ0) is 24.1. The van der Waals surface area contributed by atoms with E-state index in [-0.39, 0.29) is 12.2 Å². The van der Waals surface area contributed by atoms with Crippen LogP contribution in [-0.2, 0) is 25.3 Å². The lowest BCUT2D eigenvalue weighted by Crippen LogP contribution is -2.14. The number of aromatic nitrogens is 7. The predicted octanol–water partition coefficient (Wildman–Crippen LogP) is 5.19. The minimum Gasteiger partial charge on any atom is -0.245 e. The summed E-state index contributed by atoms with van der Waals surface area (Å²) < 4.78 is 30.1. The summed E-state index contributed by atoms with van der Waals surface area (Å²) in [6, 6.07) is 16.1. The number of nitrogens with zero attached hydrogens (tertiary/aromatic N) is 6. The molecular weight excluding hydrogens is 436 g/mol. The molecule has 4 aromatic rings. The van der Waals surface area contributed by atoms with Gasteiger partial charge in [0.25, 0.3) is 0 Å². The van der Waals surface area contributed by atoms with Crippen LogP contribution < -0.4 is 0 Å². The molecule has 0 saturated heterocycles. The van der Waals surface area contributed by atoms with Gasteiger partial charge in [0.15, 0.2) is 0 Å². The molecule has 0 unspecified atom stereocenters. The van der Waals surface area contributed by atoms with Gasteiger partial charge < -0.3 is 0 Å². The molecule has 0 saturated carbocycles. The minimum absolute atomic E-state index is 0.319. The average Bonchev–Trinajstić information content (AvgIpc) is 3.50. The Hall–Kier alpha value is -3.49. The highest BCUT2D eigenvalue weighted by Gasteiger charge is 2.35. The van der Waals surface area contributed by atoms with E-state index in [1.807, 2.05) is 36.4 Å². The molecule has 0 aliphatic heterocycles. The lowest BCUT2D eigenvalue weighted by atomic mass is 9.98. The number of aryl methyl sites for hydroxylation is 1. The molecule has 0 aliphatic carbocycles. The van der Waals surface area contributed by atoms with E-state index in [2.05, 4.69) is 56.7 Å². The Morgan fingerprint density at radius 2 is 1.76 bits per heavy atom. The second kappa shape index (κ2) is 10.2. The summed E-state index contributed by atoms with van der Waals surface area (Å²) >= 11 is 0. The second-order valence-electron chi connectivity index (χ2n) is 8.89. The summed E-state index contributed by atoms with van der Waals surface area (Å²) in [5, 5.41) is 18.5. The first-order valence-corrected chi connectivity index (χ1v) is 11.6. The van der Waals surface area contributed by atoms with E-state index in [0.29, 0.717) is 37.0 Å². The van der Waals surface area contributed by atoms with Crippen LogP contribution in [0.2, 0.25) is 0 Å². The van der Waals surface area contributed by atoms with Gasteiger partial charge in [-0.15, -0.1) is 15.3 Å². The van der Waals surface area contributed by atoms with Gasteiger partial charge in [0, 0.05) is 18.4 Å². The lowest BCUT2D eigenvalue weighted by molar-refractivity contribution is -0.0177. The van der Waals surface area contributed by atoms with Crippen LogP contribution in [0.4, 0.5) is 8.78 Å². The Kier molecular flexibility index (Phi) is 7.09. The van der Waals surface area contributed by atoms with Crippen molar-refractivity contribution >= 4 is 0 Å². The Balaban J connectivity index is 1.52. The first-order chi connectivity index (χ1) is 16.4. The third kappa shape index (κ3) is 5.52. The lowest BCUT2D eigenvalue weighted by Gasteiger charge is -2.10. The van der Waals surface area contributed by atoms with Gasteiger partial charge in [-0.25, -0.2) is 9.67 Å². The molecule has 178 valence electrons. The molecular formula is C25H29F2N7. The molecule has 2 aromatic heterocycles. The maximum absolute atomic E-state index is 14.3. The number of halogens is 2. The summed E-state index contributed by atoms with van der Waals surface area (Å²) in [6.07, 6.45) is 1.88. The molecule has 9 heteroatoms. The molecule has 2 aromatic carbocycles. The van der Waals surface area contributed by atoms with Crippen LogP contribution in [0.15, 0.2) is 48.5 Å². The summed E-state index contributed by atoms with van der Waals surface area (Å²) in [7, 11) is 0. The summed E-state index contributed by atoms with van der Waals surface area (Å²) in [4.78, 5) is 4.21. The normalized spacial score (nSPS) is 11.9. The van der Waals surface area contributed by atoms with Crippen molar-refractivity contribution in [2.75, 3.05) is 0 Å². The number of H-pyrrole nitrogens is 1. The van der Waals surface area contributed by atoms with Crippen molar-refractivity contribution in [1.82, 2.24) is 35.4 Å². The zero-order valence-corrected chi connectivity index (χ0v) is 19.7. The standard InChI is InChI=1S/C25H29F2N7/c1-4-25(26,27)24-28-22(14-9-17(2)3)34(31-24)16-19-12-10-18(11-13-19)15-20-7-5-6-8-21(20)23-29-32-33-30-23/h5-8,10-13,17H,4,9,14-16H2,1-3H3,(H,29,30,32,33). The predicted molar refractivity (Wildman–Crippen MR) is 125 cm³/mol. The van der Waals surface area contributed by atoms with Gasteiger partial charge >= 0.3 is 5.92 Å². The molecule has 34 heavy (non-hydrogen) atoms. The van der Waals surface area contributed by atoms with Crippen molar-refractivity contribution in [3.8, 4) is 11.4 Å². The van der Waals surface area contributed by atoms with Gasteiger partial charge in [-0.05, 0) is 40.7 Å². The number of aromatic amines is 1. The quantitative estimate of drug-likeness (QED) is 0.348. The third-order valence-corrected chi connectivity index (χ3v) is 5.82. The zero-order valence-electron chi connectivity index (χ0n) is 19.7. The smallest absolute Gasteiger partial charge is 0.245 e. The number of benzene rings is 2. The van der Waals surface area contributed by atoms with Crippen molar-refractivity contribution in [3.05, 3.63) is 76.9 Å². The summed E-state index contributed by atoms with van der Waals surface area (Å²) in [6.45, 7) is 6.07. The van der Waals surface area contributed by atoms with Gasteiger partial charge in [-0.2, -0.15) is 14.0 Å².